The van der Waals surface area contributed by atoms with Gasteiger partial charge in [0, 0.05) is 18.0 Å². The van der Waals surface area contributed by atoms with Gasteiger partial charge in [0.15, 0.2) is 0 Å². The summed E-state index contributed by atoms with van der Waals surface area (Å²) in [4.78, 5) is 0. The molecule has 1 fully saturated rings. The van der Waals surface area contributed by atoms with Crippen LogP contribution in [-0.2, 0) is 0 Å². The van der Waals surface area contributed by atoms with E-state index in [1.165, 1.54) is 24.8 Å². The molecule has 2 N–H and O–H groups in total. The Morgan fingerprint density at radius 1 is 1.40 bits per heavy atom. The van der Waals surface area contributed by atoms with Crippen LogP contribution < -0.4 is 10.1 Å². The average Bonchev–Trinajstić information content (AvgIpc) is 2.45. The molecule has 0 amide bonds. The molecule has 2 unspecified atom stereocenters. The molecule has 2 atom stereocenters. The molecule has 3 rings (SSSR count). The maximum atomic E-state index is 9.68. The number of nitrogens with one attached hydrogen (secondary N) is 1. The molecule has 1 aliphatic heterocycles. The fraction of sp³-hybridized carbons (Fsp3) is 0.647. The summed E-state index contributed by atoms with van der Waals surface area (Å²) in [7, 11) is 0. The Morgan fingerprint density at radius 3 is 2.90 bits per heavy atom. The second-order valence-electron chi connectivity index (χ2n) is 6.24. The Balaban J connectivity index is 1.69. The van der Waals surface area contributed by atoms with Crippen LogP contribution in [0.2, 0.25) is 0 Å². The fourth-order valence-electron chi connectivity index (χ4n) is 3.31. The van der Waals surface area contributed by atoms with E-state index in [1.54, 1.807) is 0 Å². The van der Waals surface area contributed by atoms with Crippen LogP contribution in [0.25, 0.3) is 0 Å². The number of fused-ring (bicyclic) bond motifs is 1. The van der Waals surface area contributed by atoms with Gasteiger partial charge in [0.05, 0.1) is 6.10 Å². The Bertz CT molecular complexity index is 456. The minimum absolute atomic E-state index is 0.0788. The first kappa shape index (κ1) is 13.9. The lowest BCUT2D eigenvalue weighted by atomic mass is 9.73. The van der Waals surface area contributed by atoms with Crippen molar-refractivity contribution >= 4 is 0 Å². The predicted molar refractivity (Wildman–Crippen MR) is 79.9 cm³/mol. The molecule has 20 heavy (non-hydrogen) atoms. The monoisotopic (exact) mass is 275 g/mol. The summed E-state index contributed by atoms with van der Waals surface area (Å²) in [6, 6.07) is 8.74. The van der Waals surface area contributed by atoms with Crippen LogP contribution in [0.4, 0.5) is 0 Å². The lowest BCUT2D eigenvalue weighted by Crippen LogP contribution is -2.49. The van der Waals surface area contributed by atoms with Gasteiger partial charge in [-0.25, -0.2) is 0 Å². The normalized spacial score (nSPS) is 24.6. The summed E-state index contributed by atoms with van der Waals surface area (Å²) < 4.78 is 6.24. The van der Waals surface area contributed by atoms with E-state index in [2.05, 4.69) is 29.6 Å². The van der Waals surface area contributed by atoms with Gasteiger partial charge in [0.2, 0.25) is 0 Å². The van der Waals surface area contributed by atoms with E-state index in [9.17, 15) is 5.11 Å². The second-order valence-corrected chi connectivity index (χ2v) is 6.24. The van der Waals surface area contributed by atoms with E-state index in [4.69, 9.17) is 4.74 Å². The van der Waals surface area contributed by atoms with E-state index in [-0.39, 0.29) is 11.7 Å². The molecular weight excluding hydrogens is 250 g/mol. The molecule has 1 saturated carbocycles. The molecule has 3 nitrogen and oxygen atoms in total. The van der Waals surface area contributed by atoms with Crippen molar-refractivity contribution in [3.8, 4) is 5.75 Å². The highest BCUT2D eigenvalue weighted by atomic mass is 16.5. The van der Waals surface area contributed by atoms with Crippen LogP contribution in [0.1, 0.15) is 57.1 Å². The number of aliphatic hydroxyl groups excluding tert-OH is 1. The van der Waals surface area contributed by atoms with Crippen LogP contribution >= 0.6 is 0 Å². The third kappa shape index (κ3) is 2.70. The van der Waals surface area contributed by atoms with E-state index < -0.39 is 0 Å². The van der Waals surface area contributed by atoms with Gasteiger partial charge in [-0.2, -0.15) is 0 Å². The first-order valence-corrected chi connectivity index (χ1v) is 7.92. The highest BCUT2D eigenvalue weighted by Crippen LogP contribution is 2.48. The lowest BCUT2D eigenvalue weighted by Gasteiger charge is -2.48. The summed E-state index contributed by atoms with van der Waals surface area (Å²) in [6.45, 7) is 2.89. The zero-order valence-corrected chi connectivity index (χ0v) is 12.3. The molecule has 0 bridgehead atoms. The number of aliphatic hydroxyl groups is 1. The van der Waals surface area contributed by atoms with Gasteiger partial charge in [0.1, 0.15) is 11.4 Å². The molecule has 0 aromatic heterocycles. The van der Waals surface area contributed by atoms with E-state index >= 15 is 0 Å². The van der Waals surface area contributed by atoms with E-state index in [0.717, 1.165) is 31.6 Å². The molecule has 1 aromatic rings. The molecule has 1 spiro atoms. The molecule has 110 valence electrons. The van der Waals surface area contributed by atoms with Gasteiger partial charge in [-0.3, -0.25) is 0 Å². The van der Waals surface area contributed by atoms with Crippen LogP contribution in [-0.4, -0.2) is 23.4 Å². The van der Waals surface area contributed by atoms with Crippen molar-refractivity contribution in [2.45, 2.75) is 63.2 Å². The van der Waals surface area contributed by atoms with Gasteiger partial charge in [-0.1, -0.05) is 25.1 Å². The number of benzene rings is 1. The smallest absolute Gasteiger partial charge is 0.124 e. The highest BCUT2D eigenvalue weighted by Gasteiger charge is 2.45. The van der Waals surface area contributed by atoms with Gasteiger partial charge in [-0.05, 0) is 44.7 Å². The molecule has 1 heterocycles. The van der Waals surface area contributed by atoms with Crippen molar-refractivity contribution in [2.75, 3.05) is 6.54 Å². The maximum absolute atomic E-state index is 9.68. The number of hydrogen-bond acceptors (Lipinski definition) is 3. The zero-order valence-electron chi connectivity index (χ0n) is 12.3. The van der Waals surface area contributed by atoms with Crippen molar-refractivity contribution in [3.05, 3.63) is 29.8 Å². The summed E-state index contributed by atoms with van der Waals surface area (Å²) in [5, 5.41) is 13.3. The maximum Gasteiger partial charge on any atom is 0.124 e. The average molecular weight is 275 g/mol. The van der Waals surface area contributed by atoms with Crippen LogP contribution in [0, 0.1) is 0 Å². The zero-order chi connectivity index (χ0) is 14.0. The van der Waals surface area contributed by atoms with Gasteiger partial charge in [-0.15, -0.1) is 0 Å². The predicted octanol–water partition coefficient (Wildman–Crippen LogP) is 3.18. The topological polar surface area (TPSA) is 41.5 Å². The standard InChI is InChI=1S/C17H25NO2/c1-2-13(19)8-11-18-15-12-17(9-5-10-17)20-16-7-4-3-6-14(15)16/h3-4,6-7,13,15,18-19H,2,5,8-12H2,1H3. The minimum atomic E-state index is -0.185. The summed E-state index contributed by atoms with van der Waals surface area (Å²) in [5.41, 5.74) is 1.35. The molecular formula is C17H25NO2. The highest BCUT2D eigenvalue weighted by molar-refractivity contribution is 5.39. The first-order valence-electron chi connectivity index (χ1n) is 7.92. The lowest BCUT2D eigenvalue weighted by molar-refractivity contribution is -0.0371. The van der Waals surface area contributed by atoms with Gasteiger partial charge >= 0.3 is 0 Å². The SMILES string of the molecule is CCC(O)CCNC1CC2(CCC2)Oc2ccccc21. The van der Waals surface area contributed by atoms with Crippen LogP contribution in [0.5, 0.6) is 5.75 Å². The second kappa shape index (κ2) is 5.74. The largest absolute Gasteiger partial charge is 0.487 e. The number of para-hydroxylation sites is 1. The van der Waals surface area contributed by atoms with Crippen molar-refractivity contribution in [2.24, 2.45) is 0 Å². The molecule has 0 saturated heterocycles. The quantitative estimate of drug-likeness (QED) is 0.867. The van der Waals surface area contributed by atoms with Gasteiger partial charge in [0.25, 0.3) is 0 Å². The minimum Gasteiger partial charge on any atom is -0.487 e. The molecule has 3 heteroatoms. The number of hydrogen-bond donors (Lipinski definition) is 2. The Kier molecular flexibility index (Phi) is 3.99. The van der Waals surface area contributed by atoms with Crippen LogP contribution in [0.15, 0.2) is 24.3 Å². The third-order valence-electron chi connectivity index (χ3n) is 4.80. The Hall–Kier alpha value is -1.06. The van der Waals surface area contributed by atoms with E-state index in [0.29, 0.717) is 6.04 Å². The number of ether oxygens (including phenoxy) is 1. The van der Waals surface area contributed by atoms with Crippen LogP contribution in [0.3, 0.4) is 0 Å². The molecule has 2 aliphatic rings. The third-order valence-corrected chi connectivity index (χ3v) is 4.80. The number of rotatable bonds is 5. The van der Waals surface area contributed by atoms with Crippen molar-refractivity contribution in [1.29, 1.82) is 0 Å². The first-order chi connectivity index (χ1) is 9.72. The van der Waals surface area contributed by atoms with Gasteiger partial charge < -0.3 is 15.2 Å². The molecule has 0 radical (unpaired) electrons. The van der Waals surface area contributed by atoms with Crippen molar-refractivity contribution < 1.29 is 9.84 Å². The molecule has 1 aliphatic carbocycles. The van der Waals surface area contributed by atoms with E-state index in [1.807, 2.05) is 6.92 Å². The van der Waals surface area contributed by atoms with Crippen molar-refractivity contribution in [1.82, 2.24) is 5.32 Å². The Labute approximate surface area is 121 Å². The fourth-order valence-corrected chi connectivity index (χ4v) is 3.31. The summed E-state index contributed by atoms with van der Waals surface area (Å²) in [6.07, 6.45) is 6.17. The summed E-state index contributed by atoms with van der Waals surface area (Å²) >= 11 is 0. The summed E-state index contributed by atoms with van der Waals surface area (Å²) in [5.74, 6) is 1.05. The molecule has 1 aromatic carbocycles. The van der Waals surface area contributed by atoms with Crippen molar-refractivity contribution in [3.63, 3.8) is 0 Å². The Morgan fingerprint density at radius 2 is 2.20 bits per heavy atom.